The van der Waals surface area contributed by atoms with Gasteiger partial charge >= 0.3 is 0 Å². The fraction of sp³-hybridized carbons (Fsp3) is 1.00. The number of aliphatic hydroxyl groups is 1. The molecule has 2 atom stereocenters. The third-order valence-electron chi connectivity index (χ3n) is 1.59. The van der Waals surface area contributed by atoms with Crippen LogP contribution in [-0.2, 0) is 4.74 Å². The largest absolute Gasteiger partial charge is 0.391 e. The highest BCUT2D eigenvalue weighted by Gasteiger charge is 2.17. The summed E-state index contributed by atoms with van der Waals surface area (Å²) >= 11 is 0. The van der Waals surface area contributed by atoms with Crippen molar-refractivity contribution in [2.24, 2.45) is 5.73 Å². The van der Waals surface area contributed by atoms with E-state index in [0.29, 0.717) is 6.61 Å². The molecule has 0 amide bonds. The van der Waals surface area contributed by atoms with E-state index in [9.17, 15) is 0 Å². The van der Waals surface area contributed by atoms with Crippen molar-refractivity contribution in [1.29, 1.82) is 0 Å². The molecule has 0 saturated carbocycles. The van der Waals surface area contributed by atoms with Gasteiger partial charge < -0.3 is 15.6 Å². The molecule has 3 heteroatoms. The minimum Gasteiger partial charge on any atom is -0.391 e. The van der Waals surface area contributed by atoms with Crippen LogP contribution in [0.2, 0.25) is 0 Å². The van der Waals surface area contributed by atoms with Gasteiger partial charge in [-0.15, -0.1) is 0 Å². The Morgan fingerprint density at radius 2 is 2.33 bits per heavy atom. The average molecular weight is 131 g/mol. The molecule has 0 aromatic heterocycles. The molecule has 1 heterocycles. The molecule has 0 aromatic rings. The Morgan fingerprint density at radius 1 is 1.56 bits per heavy atom. The van der Waals surface area contributed by atoms with Crippen molar-refractivity contribution in [3.63, 3.8) is 0 Å². The van der Waals surface area contributed by atoms with Crippen LogP contribution in [0.15, 0.2) is 0 Å². The Hall–Kier alpha value is -0.120. The van der Waals surface area contributed by atoms with Crippen LogP contribution in [0.4, 0.5) is 0 Å². The zero-order valence-electron chi connectivity index (χ0n) is 5.42. The molecule has 1 rings (SSSR count). The van der Waals surface area contributed by atoms with E-state index in [1.165, 1.54) is 0 Å². The quantitative estimate of drug-likeness (QED) is 0.465. The Kier molecular flexibility index (Phi) is 2.45. The monoisotopic (exact) mass is 131 g/mol. The van der Waals surface area contributed by atoms with Gasteiger partial charge in [0.2, 0.25) is 0 Å². The molecule has 0 bridgehead atoms. The van der Waals surface area contributed by atoms with Crippen LogP contribution < -0.4 is 5.73 Å². The van der Waals surface area contributed by atoms with E-state index < -0.39 is 0 Å². The van der Waals surface area contributed by atoms with Crippen molar-refractivity contribution in [2.75, 3.05) is 13.2 Å². The summed E-state index contributed by atoms with van der Waals surface area (Å²) in [5.41, 5.74) is 5.50. The topological polar surface area (TPSA) is 55.5 Å². The molecule has 3 N–H and O–H groups in total. The van der Waals surface area contributed by atoms with E-state index in [-0.39, 0.29) is 12.1 Å². The van der Waals surface area contributed by atoms with Gasteiger partial charge in [-0.25, -0.2) is 0 Å². The number of hydrogen-bond donors (Lipinski definition) is 2. The minimum absolute atomic E-state index is 0.174. The van der Waals surface area contributed by atoms with Crippen LogP contribution in [-0.4, -0.2) is 30.5 Å². The molecule has 0 unspecified atom stereocenters. The molecule has 3 nitrogen and oxygen atoms in total. The number of aliphatic hydroxyl groups excluding tert-OH is 1. The summed E-state index contributed by atoms with van der Waals surface area (Å²) in [5, 5.41) is 9.15. The number of hydrogen-bond acceptors (Lipinski definition) is 3. The van der Waals surface area contributed by atoms with Crippen LogP contribution in [0.1, 0.15) is 12.8 Å². The first-order valence-corrected chi connectivity index (χ1v) is 3.32. The third-order valence-corrected chi connectivity index (χ3v) is 1.59. The lowest BCUT2D eigenvalue weighted by atomic mass is 10.1. The lowest BCUT2D eigenvalue weighted by molar-refractivity contribution is 0.0969. The van der Waals surface area contributed by atoms with Crippen molar-refractivity contribution in [1.82, 2.24) is 0 Å². The van der Waals surface area contributed by atoms with Gasteiger partial charge in [0.05, 0.1) is 18.8 Å². The zero-order chi connectivity index (χ0) is 6.69. The summed E-state index contributed by atoms with van der Waals surface area (Å²) in [5.74, 6) is 0. The normalized spacial score (nSPS) is 38.0. The summed E-state index contributed by atoms with van der Waals surface area (Å²) in [6.45, 7) is 1.24. The van der Waals surface area contributed by atoms with Crippen molar-refractivity contribution in [3.05, 3.63) is 0 Å². The molecule has 1 fully saturated rings. The highest BCUT2D eigenvalue weighted by Crippen LogP contribution is 2.06. The van der Waals surface area contributed by atoms with Crippen LogP contribution >= 0.6 is 0 Å². The highest BCUT2D eigenvalue weighted by molar-refractivity contribution is 4.73. The van der Waals surface area contributed by atoms with Crippen LogP contribution in [0.5, 0.6) is 0 Å². The zero-order valence-corrected chi connectivity index (χ0v) is 5.42. The van der Waals surface area contributed by atoms with E-state index >= 15 is 0 Å². The standard InChI is InChI=1S/C6H13NO2/c7-5-4-9-3-1-2-6(5)8/h5-6,8H,1-4,7H2/t5-,6-/m1/s1. The van der Waals surface area contributed by atoms with Gasteiger partial charge in [0.25, 0.3) is 0 Å². The number of nitrogens with two attached hydrogens (primary N) is 1. The lowest BCUT2D eigenvalue weighted by Gasteiger charge is -2.12. The van der Waals surface area contributed by atoms with Gasteiger partial charge in [0.15, 0.2) is 0 Å². The molecule has 9 heavy (non-hydrogen) atoms. The van der Waals surface area contributed by atoms with E-state index in [1.54, 1.807) is 0 Å². The first-order valence-electron chi connectivity index (χ1n) is 3.32. The molecule has 1 aliphatic rings. The second-order valence-corrected chi connectivity index (χ2v) is 2.45. The van der Waals surface area contributed by atoms with Crippen LogP contribution in [0.3, 0.4) is 0 Å². The average Bonchev–Trinajstić information content (AvgIpc) is 1.99. The summed E-state index contributed by atoms with van der Waals surface area (Å²) in [6.07, 6.45) is 1.35. The summed E-state index contributed by atoms with van der Waals surface area (Å²) in [4.78, 5) is 0. The second kappa shape index (κ2) is 3.15. The first-order chi connectivity index (χ1) is 4.30. The van der Waals surface area contributed by atoms with Gasteiger partial charge in [-0.2, -0.15) is 0 Å². The fourth-order valence-electron chi connectivity index (χ4n) is 0.939. The molecular weight excluding hydrogens is 118 g/mol. The van der Waals surface area contributed by atoms with Crippen molar-refractivity contribution < 1.29 is 9.84 Å². The Labute approximate surface area is 54.8 Å². The van der Waals surface area contributed by atoms with E-state index in [4.69, 9.17) is 15.6 Å². The summed E-state index contributed by atoms with van der Waals surface area (Å²) in [7, 11) is 0. The lowest BCUT2D eigenvalue weighted by Crippen LogP contribution is -2.36. The number of rotatable bonds is 0. The van der Waals surface area contributed by atoms with E-state index in [0.717, 1.165) is 19.4 Å². The Morgan fingerprint density at radius 3 is 3.11 bits per heavy atom. The Balaban J connectivity index is 2.32. The molecule has 0 spiro atoms. The SMILES string of the molecule is N[C@@H]1COCCC[C@H]1O. The third kappa shape index (κ3) is 1.93. The maximum absolute atomic E-state index is 9.15. The highest BCUT2D eigenvalue weighted by atomic mass is 16.5. The van der Waals surface area contributed by atoms with Gasteiger partial charge in [-0.1, -0.05) is 0 Å². The fourth-order valence-corrected chi connectivity index (χ4v) is 0.939. The second-order valence-electron chi connectivity index (χ2n) is 2.45. The molecule has 1 saturated heterocycles. The molecule has 0 aromatic carbocycles. The van der Waals surface area contributed by atoms with Gasteiger partial charge in [-0.05, 0) is 12.8 Å². The smallest absolute Gasteiger partial charge is 0.0714 e. The van der Waals surface area contributed by atoms with Crippen LogP contribution in [0.25, 0.3) is 0 Å². The van der Waals surface area contributed by atoms with E-state index in [1.807, 2.05) is 0 Å². The summed E-state index contributed by atoms with van der Waals surface area (Å²) < 4.78 is 5.09. The molecule has 1 aliphatic heterocycles. The van der Waals surface area contributed by atoms with Crippen LogP contribution in [0, 0.1) is 0 Å². The van der Waals surface area contributed by atoms with Crippen molar-refractivity contribution in [2.45, 2.75) is 25.0 Å². The number of ether oxygens (including phenoxy) is 1. The predicted molar refractivity (Wildman–Crippen MR) is 34.0 cm³/mol. The van der Waals surface area contributed by atoms with Crippen molar-refractivity contribution in [3.8, 4) is 0 Å². The van der Waals surface area contributed by atoms with Gasteiger partial charge in [0, 0.05) is 6.61 Å². The Bertz CT molecular complexity index is 77.1. The molecular formula is C6H13NO2. The predicted octanol–water partition coefficient (Wildman–Crippen LogP) is -0.515. The van der Waals surface area contributed by atoms with E-state index in [2.05, 4.69) is 0 Å². The maximum atomic E-state index is 9.15. The molecule has 0 radical (unpaired) electrons. The van der Waals surface area contributed by atoms with Gasteiger partial charge in [-0.3, -0.25) is 0 Å². The summed E-state index contributed by atoms with van der Waals surface area (Å²) in [6, 6.07) is -0.174. The molecule has 0 aliphatic carbocycles. The van der Waals surface area contributed by atoms with Crippen molar-refractivity contribution >= 4 is 0 Å². The maximum Gasteiger partial charge on any atom is 0.0714 e. The molecule has 54 valence electrons. The first kappa shape index (κ1) is 6.99. The minimum atomic E-state index is -0.354. The van der Waals surface area contributed by atoms with Gasteiger partial charge in [0.1, 0.15) is 0 Å².